The van der Waals surface area contributed by atoms with E-state index in [9.17, 15) is 26.3 Å². The van der Waals surface area contributed by atoms with Crippen molar-refractivity contribution in [2.45, 2.75) is 12.4 Å². The quantitative estimate of drug-likeness (QED) is 0.689. The van der Waals surface area contributed by atoms with Gasteiger partial charge in [0.1, 0.15) is 5.69 Å². The molecule has 0 saturated carbocycles. The molecule has 0 spiro atoms. The highest BCUT2D eigenvalue weighted by Crippen LogP contribution is 2.36. The molecule has 7 heteroatoms. The lowest BCUT2D eigenvalue weighted by Crippen LogP contribution is -2.13. The van der Waals surface area contributed by atoms with Gasteiger partial charge in [-0.1, -0.05) is 30.3 Å². The van der Waals surface area contributed by atoms with Gasteiger partial charge in [0.15, 0.2) is 0 Å². The SMILES string of the molecule is FC(F)(F)c1cc(-c2ccccc2)nc(C(F)(F)F)c1. The van der Waals surface area contributed by atoms with Crippen molar-refractivity contribution in [1.29, 1.82) is 0 Å². The van der Waals surface area contributed by atoms with Crippen LogP contribution in [0.15, 0.2) is 42.5 Å². The highest BCUT2D eigenvalue weighted by molar-refractivity contribution is 5.60. The Balaban J connectivity index is 2.64. The Kier molecular flexibility index (Phi) is 3.45. The number of pyridine rings is 1. The minimum absolute atomic E-state index is 0.00639. The van der Waals surface area contributed by atoms with Crippen molar-refractivity contribution < 1.29 is 26.3 Å². The van der Waals surface area contributed by atoms with Gasteiger partial charge >= 0.3 is 12.4 Å². The molecular formula is C13H7F6N. The third-order valence-corrected chi connectivity index (χ3v) is 2.51. The summed E-state index contributed by atoms with van der Waals surface area (Å²) in [7, 11) is 0. The molecule has 0 unspecified atom stereocenters. The van der Waals surface area contributed by atoms with Crippen LogP contribution in [0.5, 0.6) is 0 Å². The number of aromatic nitrogens is 1. The minimum Gasteiger partial charge on any atom is -0.243 e. The summed E-state index contributed by atoms with van der Waals surface area (Å²) in [6.45, 7) is 0. The third-order valence-electron chi connectivity index (χ3n) is 2.51. The molecule has 0 aliphatic carbocycles. The van der Waals surface area contributed by atoms with Crippen molar-refractivity contribution in [1.82, 2.24) is 4.98 Å². The first kappa shape index (κ1) is 14.4. The smallest absolute Gasteiger partial charge is 0.243 e. The zero-order valence-electron chi connectivity index (χ0n) is 9.76. The van der Waals surface area contributed by atoms with Crippen molar-refractivity contribution in [3.63, 3.8) is 0 Å². The lowest BCUT2D eigenvalue weighted by atomic mass is 10.1. The molecule has 1 nitrogen and oxygen atoms in total. The van der Waals surface area contributed by atoms with E-state index >= 15 is 0 Å². The fourth-order valence-corrected chi connectivity index (χ4v) is 1.60. The van der Waals surface area contributed by atoms with E-state index in [1.165, 1.54) is 24.3 Å². The molecule has 0 radical (unpaired) electrons. The number of nitrogens with zero attached hydrogens (tertiary/aromatic N) is 1. The predicted molar refractivity (Wildman–Crippen MR) is 59.7 cm³/mol. The van der Waals surface area contributed by atoms with Gasteiger partial charge in [0.25, 0.3) is 0 Å². The molecule has 2 aromatic rings. The number of halogens is 6. The molecule has 0 aliphatic rings. The van der Waals surface area contributed by atoms with Crippen LogP contribution in [0.25, 0.3) is 11.3 Å². The fraction of sp³-hybridized carbons (Fsp3) is 0.154. The summed E-state index contributed by atoms with van der Waals surface area (Å²) in [6.07, 6.45) is -9.81. The first-order chi connectivity index (χ1) is 9.18. The van der Waals surface area contributed by atoms with Crippen LogP contribution in [-0.4, -0.2) is 4.98 Å². The monoisotopic (exact) mass is 291 g/mol. The van der Waals surface area contributed by atoms with Gasteiger partial charge in [0, 0.05) is 5.56 Å². The molecule has 20 heavy (non-hydrogen) atoms. The summed E-state index contributed by atoms with van der Waals surface area (Å²) in [5.74, 6) is 0. The van der Waals surface area contributed by atoms with Crippen LogP contribution in [0.4, 0.5) is 26.3 Å². The van der Waals surface area contributed by atoms with E-state index < -0.39 is 23.6 Å². The number of hydrogen-bond donors (Lipinski definition) is 0. The second-order valence-corrected chi connectivity index (χ2v) is 3.99. The van der Waals surface area contributed by atoms with E-state index in [0.717, 1.165) is 0 Å². The van der Waals surface area contributed by atoms with Gasteiger partial charge in [-0.15, -0.1) is 0 Å². The first-order valence-corrected chi connectivity index (χ1v) is 5.40. The van der Waals surface area contributed by atoms with Gasteiger partial charge < -0.3 is 0 Å². The molecule has 0 N–H and O–H groups in total. The van der Waals surface area contributed by atoms with Crippen molar-refractivity contribution in [2.24, 2.45) is 0 Å². The van der Waals surface area contributed by atoms with Gasteiger partial charge in [-0.3, -0.25) is 0 Å². The van der Waals surface area contributed by atoms with Gasteiger partial charge in [0.05, 0.1) is 11.3 Å². The average Bonchev–Trinajstić information content (AvgIpc) is 2.37. The maximum Gasteiger partial charge on any atom is 0.433 e. The zero-order valence-corrected chi connectivity index (χ0v) is 9.76. The molecule has 0 amide bonds. The molecule has 2 rings (SSSR count). The molecule has 0 atom stereocenters. The lowest BCUT2D eigenvalue weighted by Gasteiger charge is -2.13. The van der Waals surface area contributed by atoms with Crippen LogP contribution in [0.3, 0.4) is 0 Å². The first-order valence-electron chi connectivity index (χ1n) is 5.40. The van der Waals surface area contributed by atoms with E-state index in [-0.39, 0.29) is 17.3 Å². The van der Waals surface area contributed by atoms with Crippen LogP contribution in [0, 0.1) is 0 Å². The Morgan fingerprint density at radius 2 is 1.35 bits per heavy atom. The second-order valence-electron chi connectivity index (χ2n) is 3.99. The predicted octanol–water partition coefficient (Wildman–Crippen LogP) is 4.79. The van der Waals surface area contributed by atoms with Crippen molar-refractivity contribution in [3.8, 4) is 11.3 Å². The van der Waals surface area contributed by atoms with Gasteiger partial charge in [-0.25, -0.2) is 4.98 Å². The van der Waals surface area contributed by atoms with Crippen molar-refractivity contribution in [3.05, 3.63) is 53.7 Å². The maximum atomic E-state index is 12.7. The standard InChI is InChI=1S/C13H7F6N/c14-12(15,16)9-6-10(8-4-2-1-3-5-8)20-11(7-9)13(17,18)19/h1-7H. The molecular weight excluding hydrogens is 284 g/mol. The van der Waals surface area contributed by atoms with Gasteiger partial charge in [0.2, 0.25) is 0 Å². The summed E-state index contributed by atoms with van der Waals surface area (Å²) in [6, 6.07) is 8.00. The van der Waals surface area contributed by atoms with Crippen LogP contribution in [-0.2, 0) is 12.4 Å². The van der Waals surface area contributed by atoms with Crippen LogP contribution < -0.4 is 0 Å². The largest absolute Gasteiger partial charge is 0.433 e. The number of rotatable bonds is 1. The Bertz CT molecular complexity index is 568. The van der Waals surface area contributed by atoms with E-state index in [4.69, 9.17) is 0 Å². The lowest BCUT2D eigenvalue weighted by molar-refractivity contribution is -0.145. The topological polar surface area (TPSA) is 12.9 Å². The molecule has 0 fully saturated rings. The van der Waals surface area contributed by atoms with Crippen molar-refractivity contribution in [2.75, 3.05) is 0 Å². The molecule has 1 aromatic carbocycles. The highest BCUT2D eigenvalue weighted by Gasteiger charge is 2.38. The molecule has 0 saturated heterocycles. The van der Waals surface area contributed by atoms with Gasteiger partial charge in [-0.2, -0.15) is 26.3 Å². The van der Waals surface area contributed by atoms with E-state index in [2.05, 4.69) is 4.98 Å². The Morgan fingerprint density at radius 1 is 0.750 bits per heavy atom. The number of benzene rings is 1. The maximum absolute atomic E-state index is 12.7. The summed E-state index contributed by atoms with van der Waals surface area (Å²) >= 11 is 0. The molecule has 0 aliphatic heterocycles. The van der Waals surface area contributed by atoms with Crippen molar-refractivity contribution >= 4 is 0 Å². The fourth-order valence-electron chi connectivity index (χ4n) is 1.60. The van der Waals surface area contributed by atoms with E-state index in [1.54, 1.807) is 6.07 Å². The molecule has 0 bridgehead atoms. The van der Waals surface area contributed by atoms with E-state index in [0.29, 0.717) is 6.07 Å². The van der Waals surface area contributed by atoms with Gasteiger partial charge in [-0.05, 0) is 12.1 Å². The average molecular weight is 291 g/mol. The van der Waals surface area contributed by atoms with Crippen LogP contribution in [0.2, 0.25) is 0 Å². The summed E-state index contributed by atoms with van der Waals surface area (Å²) < 4.78 is 75.8. The summed E-state index contributed by atoms with van der Waals surface area (Å²) in [4.78, 5) is 3.26. The van der Waals surface area contributed by atoms with E-state index in [1.807, 2.05) is 0 Å². The number of alkyl halides is 6. The highest BCUT2D eigenvalue weighted by atomic mass is 19.4. The zero-order chi connectivity index (χ0) is 15.0. The number of hydrogen-bond acceptors (Lipinski definition) is 1. The Labute approximate surface area is 109 Å². The molecule has 1 heterocycles. The van der Waals surface area contributed by atoms with Crippen LogP contribution in [0.1, 0.15) is 11.3 Å². The minimum atomic E-state index is -4.94. The Morgan fingerprint density at radius 3 is 1.85 bits per heavy atom. The van der Waals surface area contributed by atoms with Crippen LogP contribution >= 0.6 is 0 Å². The molecule has 106 valence electrons. The summed E-state index contributed by atoms with van der Waals surface area (Å²) in [5, 5.41) is 0. The second kappa shape index (κ2) is 4.81. The molecule has 1 aromatic heterocycles. The summed E-state index contributed by atoms with van der Waals surface area (Å²) in [5.41, 5.74) is -3.12. The third kappa shape index (κ3) is 3.09. The Hall–Kier alpha value is -2.05. The normalized spacial score (nSPS) is 12.5.